The highest BCUT2D eigenvalue weighted by Gasteiger charge is 2.26. The van der Waals surface area contributed by atoms with Gasteiger partial charge < -0.3 is 15.5 Å². The predicted molar refractivity (Wildman–Crippen MR) is 86.4 cm³/mol. The molecule has 0 spiro atoms. The number of carbonyl (C=O) groups is 1. The van der Waals surface area contributed by atoms with E-state index in [9.17, 15) is 4.79 Å². The van der Waals surface area contributed by atoms with Gasteiger partial charge in [0.2, 0.25) is 5.91 Å². The normalized spacial score (nSPS) is 13.3. The molecule has 0 aliphatic rings. The van der Waals surface area contributed by atoms with Crippen LogP contribution in [-0.2, 0) is 11.3 Å². The SMILES string of the molecule is CCCC(C)(N)C(=O)NCc1csc(-c2ccco2)n1.Cl. The van der Waals surface area contributed by atoms with Crippen LogP contribution >= 0.6 is 23.7 Å². The van der Waals surface area contributed by atoms with Crippen molar-refractivity contribution in [3.63, 3.8) is 0 Å². The number of thiazole rings is 1. The number of nitrogens with two attached hydrogens (primary N) is 1. The molecule has 3 N–H and O–H groups in total. The minimum atomic E-state index is -0.825. The van der Waals surface area contributed by atoms with E-state index in [4.69, 9.17) is 10.2 Å². The monoisotopic (exact) mass is 329 g/mol. The van der Waals surface area contributed by atoms with Crippen LogP contribution < -0.4 is 11.1 Å². The second kappa shape index (κ2) is 7.59. The van der Waals surface area contributed by atoms with Crippen LogP contribution in [-0.4, -0.2) is 16.4 Å². The van der Waals surface area contributed by atoms with E-state index < -0.39 is 5.54 Å². The fraction of sp³-hybridized carbons (Fsp3) is 0.429. The van der Waals surface area contributed by atoms with Crippen LogP contribution in [0.3, 0.4) is 0 Å². The first-order valence-electron chi connectivity index (χ1n) is 6.58. The lowest BCUT2D eigenvalue weighted by Crippen LogP contribution is -2.51. The molecular formula is C14H20ClN3O2S. The summed E-state index contributed by atoms with van der Waals surface area (Å²) >= 11 is 1.49. The zero-order valence-electron chi connectivity index (χ0n) is 12.1. The van der Waals surface area contributed by atoms with Crippen LogP contribution in [0.2, 0.25) is 0 Å². The summed E-state index contributed by atoms with van der Waals surface area (Å²) in [5.41, 5.74) is 5.96. The number of nitrogens with one attached hydrogen (secondary N) is 1. The maximum Gasteiger partial charge on any atom is 0.240 e. The predicted octanol–water partition coefficient (Wildman–Crippen LogP) is 2.96. The van der Waals surface area contributed by atoms with Gasteiger partial charge in [0.15, 0.2) is 10.8 Å². The van der Waals surface area contributed by atoms with Crippen LogP contribution in [0.25, 0.3) is 10.8 Å². The standard InChI is InChI=1S/C14H19N3O2S.ClH/c1-3-6-14(2,15)13(18)16-8-10-9-20-12(17-10)11-5-4-7-19-11;/h4-5,7,9H,3,6,8,15H2,1-2H3,(H,16,18);1H. The summed E-state index contributed by atoms with van der Waals surface area (Å²) in [7, 11) is 0. The summed E-state index contributed by atoms with van der Waals surface area (Å²) in [6.45, 7) is 4.14. The van der Waals surface area contributed by atoms with Gasteiger partial charge in [0.05, 0.1) is 24.0 Å². The van der Waals surface area contributed by atoms with Crippen molar-refractivity contribution in [2.75, 3.05) is 0 Å². The Morgan fingerprint density at radius 1 is 1.57 bits per heavy atom. The largest absolute Gasteiger partial charge is 0.462 e. The molecule has 116 valence electrons. The van der Waals surface area contributed by atoms with Gasteiger partial charge in [0, 0.05) is 5.38 Å². The molecule has 2 aromatic rings. The molecule has 7 heteroatoms. The number of hydrogen-bond acceptors (Lipinski definition) is 5. The molecule has 21 heavy (non-hydrogen) atoms. The van der Waals surface area contributed by atoms with E-state index in [1.165, 1.54) is 11.3 Å². The van der Waals surface area contributed by atoms with Crippen molar-refractivity contribution in [1.29, 1.82) is 0 Å². The van der Waals surface area contributed by atoms with E-state index in [1.807, 2.05) is 24.4 Å². The summed E-state index contributed by atoms with van der Waals surface area (Å²) in [6, 6.07) is 3.68. The Kier molecular flexibility index (Phi) is 6.39. The molecular weight excluding hydrogens is 310 g/mol. The van der Waals surface area contributed by atoms with E-state index in [0.29, 0.717) is 13.0 Å². The zero-order valence-corrected chi connectivity index (χ0v) is 13.7. The molecule has 0 aliphatic carbocycles. The molecule has 1 unspecified atom stereocenters. The maximum atomic E-state index is 12.0. The number of rotatable bonds is 6. The summed E-state index contributed by atoms with van der Waals surface area (Å²) in [6.07, 6.45) is 3.15. The van der Waals surface area contributed by atoms with Crippen molar-refractivity contribution in [3.05, 3.63) is 29.5 Å². The van der Waals surface area contributed by atoms with Gasteiger partial charge in [0.25, 0.3) is 0 Å². The smallest absolute Gasteiger partial charge is 0.240 e. The number of halogens is 1. The third kappa shape index (κ3) is 4.56. The number of carbonyl (C=O) groups excluding carboxylic acids is 1. The van der Waals surface area contributed by atoms with Crippen LogP contribution in [0.1, 0.15) is 32.4 Å². The Hall–Kier alpha value is -1.37. The highest BCUT2D eigenvalue weighted by Crippen LogP contribution is 2.23. The number of furan rings is 1. The quantitative estimate of drug-likeness (QED) is 0.853. The molecule has 0 saturated carbocycles. The Labute approximate surface area is 134 Å². The Bertz CT molecular complexity index is 567. The number of aromatic nitrogens is 1. The van der Waals surface area contributed by atoms with Crippen molar-refractivity contribution < 1.29 is 9.21 Å². The summed E-state index contributed by atoms with van der Waals surface area (Å²) in [4.78, 5) is 16.4. The average Bonchev–Trinajstić information content (AvgIpc) is 3.06. The van der Waals surface area contributed by atoms with E-state index in [-0.39, 0.29) is 18.3 Å². The molecule has 2 rings (SSSR count). The van der Waals surface area contributed by atoms with Gasteiger partial charge in [-0.3, -0.25) is 4.79 Å². The van der Waals surface area contributed by atoms with Crippen LogP contribution in [0.5, 0.6) is 0 Å². The third-order valence-electron chi connectivity index (χ3n) is 3.00. The van der Waals surface area contributed by atoms with Gasteiger partial charge in [0.1, 0.15) is 0 Å². The molecule has 1 atom stereocenters. The average molecular weight is 330 g/mol. The second-order valence-electron chi connectivity index (χ2n) is 4.97. The molecule has 0 bridgehead atoms. The first-order valence-corrected chi connectivity index (χ1v) is 7.46. The maximum absolute atomic E-state index is 12.0. The van der Waals surface area contributed by atoms with Gasteiger partial charge in [-0.1, -0.05) is 13.3 Å². The molecule has 0 aromatic carbocycles. The van der Waals surface area contributed by atoms with Crippen molar-refractivity contribution in [1.82, 2.24) is 10.3 Å². The van der Waals surface area contributed by atoms with Gasteiger partial charge >= 0.3 is 0 Å². The number of hydrogen-bond donors (Lipinski definition) is 2. The minimum Gasteiger partial charge on any atom is -0.462 e. The topological polar surface area (TPSA) is 81.2 Å². The van der Waals surface area contributed by atoms with Gasteiger partial charge in [-0.15, -0.1) is 23.7 Å². The van der Waals surface area contributed by atoms with Crippen molar-refractivity contribution >= 4 is 29.7 Å². The highest BCUT2D eigenvalue weighted by atomic mass is 35.5. The van der Waals surface area contributed by atoms with E-state index in [1.54, 1.807) is 13.2 Å². The summed E-state index contributed by atoms with van der Waals surface area (Å²) in [5.74, 6) is 0.592. The molecule has 0 radical (unpaired) electrons. The lowest BCUT2D eigenvalue weighted by molar-refractivity contribution is -0.126. The summed E-state index contributed by atoms with van der Waals surface area (Å²) in [5, 5.41) is 5.55. The molecule has 1 amide bonds. The Morgan fingerprint density at radius 2 is 2.33 bits per heavy atom. The van der Waals surface area contributed by atoms with Crippen LogP contribution in [0.4, 0.5) is 0 Å². The van der Waals surface area contributed by atoms with Crippen LogP contribution in [0, 0.1) is 0 Å². The highest BCUT2D eigenvalue weighted by molar-refractivity contribution is 7.13. The first-order chi connectivity index (χ1) is 9.53. The molecule has 2 heterocycles. The molecule has 0 fully saturated rings. The minimum absolute atomic E-state index is 0. The molecule has 0 aliphatic heterocycles. The number of nitrogens with zero attached hydrogens (tertiary/aromatic N) is 1. The second-order valence-corrected chi connectivity index (χ2v) is 5.83. The van der Waals surface area contributed by atoms with Crippen molar-refractivity contribution in [2.45, 2.75) is 38.8 Å². The Morgan fingerprint density at radius 3 is 2.95 bits per heavy atom. The molecule has 2 aromatic heterocycles. The van der Waals surface area contributed by atoms with E-state index >= 15 is 0 Å². The lowest BCUT2D eigenvalue weighted by atomic mass is 9.96. The lowest BCUT2D eigenvalue weighted by Gasteiger charge is -2.22. The first kappa shape index (κ1) is 17.7. The fourth-order valence-corrected chi connectivity index (χ4v) is 2.69. The van der Waals surface area contributed by atoms with Crippen molar-refractivity contribution in [3.8, 4) is 10.8 Å². The molecule has 5 nitrogen and oxygen atoms in total. The van der Waals surface area contributed by atoms with Gasteiger partial charge in [-0.05, 0) is 25.5 Å². The van der Waals surface area contributed by atoms with Gasteiger partial charge in [-0.25, -0.2) is 4.98 Å². The Balaban J connectivity index is 0.00000220. The van der Waals surface area contributed by atoms with Crippen LogP contribution in [0.15, 0.2) is 28.2 Å². The summed E-state index contributed by atoms with van der Waals surface area (Å²) < 4.78 is 5.29. The van der Waals surface area contributed by atoms with Crippen molar-refractivity contribution in [2.24, 2.45) is 5.73 Å². The number of amides is 1. The third-order valence-corrected chi connectivity index (χ3v) is 3.91. The zero-order chi connectivity index (χ0) is 14.6. The van der Waals surface area contributed by atoms with E-state index in [0.717, 1.165) is 22.9 Å². The fourth-order valence-electron chi connectivity index (χ4n) is 1.91. The molecule has 0 saturated heterocycles. The van der Waals surface area contributed by atoms with E-state index in [2.05, 4.69) is 10.3 Å². The van der Waals surface area contributed by atoms with Gasteiger partial charge in [-0.2, -0.15) is 0 Å².